The normalized spacial score (nSPS) is 12.6. The molecular weight excluding hydrogens is 923 g/mol. The Kier molecular flexibility index (Phi) is 11.7. The van der Waals surface area contributed by atoms with Crippen LogP contribution in [0.25, 0.3) is 55.6 Å². The zero-order valence-corrected chi connectivity index (χ0v) is 43.3. The molecule has 2 aliphatic heterocycles. The molecule has 0 amide bonds. The van der Waals surface area contributed by atoms with Crippen LogP contribution in [0.2, 0.25) is 0 Å². The minimum Gasteiger partial charge on any atom is -0.321 e. The van der Waals surface area contributed by atoms with Crippen molar-refractivity contribution in [2.24, 2.45) is 0 Å². The molecule has 76 heavy (non-hydrogen) atoms. The molecule has 0 N–H and O–H groups in total. The molecule has 0 unspecified atom stereocenters. The fourth-order valence-electron chi connectivity index (χ4n) is 11.2. The highest BCUT2D eigenvalue weighted by Gasteiger charge is 2.32. The van der Waals surface area contributed by atoms with E-state index in [-0.39, 0.29) is 5.41 Å². The fraction of sp³-hybridized carbons (Fsp3) is 0.0845. The summed E-state index contributed by atoms with van der Waals surface area (Å²) in [6.07, 6.45) is 2.05. The highest BCUT2D eigenvalue weighted by Crippen LogP contribution is 2.54. The van der Waals surface area contributed by atoms with Crippen LogP contribution in [-0.4, -0.2) is 11.7 Å². The van der Waals surface area contributed by atoms with Gasteiger partial charge in [-0.3, -0.25) is 4.90 Å². The van der Waals surface area contributed by atoms with Crippen molar-refractivity contribution < 1.29 is 0 Å². The van der Waals surface area contributed by atoms with Gasteiger partial charge in [-0.1, -0.05) is 197 Å². The first-order chi connectivity index (χ1) is 37.2. The third kappa shape index (κ3) is 8.46. The maximum Gasteiger partial charge on any atom is 0.137 e. The summed E-state index contributed by atoms with van der Waals surface area (Å²) in [6.45, 7) is 9.68. The Morgan fingerprint density at radius 3 is 1.53 bits per heavy atom. The van der Waals surface area contributed by atoms with E-state index in [9.17, 15) is 0 Å². The first-order valence-corrected chi connectivity index (χ1v) is 26.3. The average molecular weight is 980 g/mol. The van der Waals surface area contributed by atoms with Gasteiger partial charge in [-0.05, 0) is 141 Å². The van der Waals surface area contributed by atoms with E-state index >= 15 is 0 Å². The molecule has 10 aromatic carbocycles. The molecule has 0 spiro atoms. The zero-order valence-electron chi connectivity index (χ0n) is 43.3. The summed E-state index contributed by atoms with van der Waals surface area (Å²) < 4.78 is 0. The largest absolute Gasteiger partial charge is 0.321 e. The molecule has 0 radical (unpaired) electrons. The van der Waals surface area contributed by atoms with Crippen LogP contribution in [0, 0.1) is 6.92 Å². The number of rotatable bonds is 9. The van der Waals surface area contributed by atoms with Crippen molar-refractivity contribution in [2.75, 3.05) is 26.3 Å². The number of hydrogen-bond acceptors (Lipinski definition) is 5. The summed E-state index contributed by atoms with van der Waals surface area (Å²) in [4.78, 5) is 15.1. The van der Waals surface area contributed by atoms with Crippen molar-refractivity contribution in [3.8, 4) is 55.6 Å². The first kappa shape index (κ1) is 46.3. The number of anilines is 10. The predicted octanol–water partition coefficient (Wildman–Crippen LogP) is 19.5. The van der Waals surface area contributed by atoms with E-state index in [4.69, 9.17) is 4.98 Å². The number of nitrogens with zero attached hydrogens (tertiary/aromatic N) is 5. The molecule has 0 aliphatic carbocycles. The second-order valence-corrected chi connectivity index (χ2v) is 21.0. The quantitative estimate of drug-likeness (QED) is 0.144. The highest BCUT2D eigenvalue weighted by molar-refractivity contribution is 6.04. The molecule has 366 valence electrons. The van der Waals surface area contributed by atoms with Gasteiger partial charge in [0.25, 0.3) is 0 Å². The van der Waals surface area contributed by atoms with Crippen molar-refractivity contribution in [3.63, 3.8) is 0 Å². The lowest BCUT2D eigenvalue weighted by Gasteiger charge is -2.31. The van der Waals surface area contributed by atoms with E-state index in [1.54, 1.807) is 0 Å². The minimum absolute atomic E-state index is 0.0624. The van der Waals surface area contributed by atoms with Crippen LogP contribution in [-0.2, 0) is 5.41 Å². The molecule has 0 atom stereocenters. The lowest BCUT2D eigenvalue weighted by Crippen LogP contribution is -2.24. The van der Waals surface area contributed by atoms with Crippen LogP contribution >= 0.6 is 0 Å². The SMILES string of the molecule is Cc1cc(N2c3cc(-c4ccccc4)ccc3-c3ccccc3-c3ccc(N(c4ccccc4)c4cc(-c5ccccc5)cc(N5CN(c6ccc(C(C)(C)C)cc6)c6ccccc65)c4)cc32)ncc1-c1ccccc1. The van der Waals surface area contributed by atoms with Crippen LogP contribution in [0.3, 0.4) is 0 Å². The van der Waals surface area contributed by atoms with Gasteiger partial charge in [0, 0.05) is 51.3 Å². The molecule has 5 heteroatoms. The van der Waals surface area contributed by atoms with Gasteiger partial charge in [0.1, 0.15) is 12.5 Å². The molecule has 2 aliphatic rings. The Labute approximate surface area is 446 Å². The third-order valence-corrected chi connectivity index (χ3v) is 15.1. The summed E-state index contributed by atoms with van der Waals surface area (Å²) in [5.74, 6) is 0.847. The van der Waals surface area contributed by atoms with Gasteiger partial charge in [-0.25, -0.2) is 4.98 Å². The number of para-hydroxylation sites is 3. The van der Waals surface area contributed by atoms with Crippen LogP contribution in [0.4, 0.5) is 57.0 Å². The van der Waals surface area contributed by atoms with Crippen LogP contribution in [0.15, 0.2) is 261 Å². The first-order valence-electron chi connectivity index (χ1n) is 26.3. The van der Waals surface area contributed by atoms with Gasteiger partial charge < -0.3 is 14.7 Å². The summed E-state index contributed by atoms with van der Waals surface area (Å²) >= 11 is 0. The van der Waals surface area contributed by atoms with Crippen molar-refractivity contribution in [1.29, 1.82) is 0 Å². The fourth-order valence-corrected chi connectivity index (χ4v) is 11.2. The Morgan fingerprint density at radius 1 is 0.368 bits per heavy atom. The topological polar surface area (TPSA) is 25.9 Å². The maximum atomic E-state index is 5.40. The smallest absolute Gasteiger partial charge is 0.137 e. The van der Waals surface area contributed by atoms with E-state index in [0.29, 0.717) is 6.67 Å². The van der Waals surface area contributed by atoms with Gasteiger partial charge in [0.15, 0.2) is 0 Å². The molecule has 13 rings (SSSR count). The lowest BCUT2D eigenvalue weighted by molar-refractivity contribution is 0.590. The lowest BCUT2D eigenvalue weighted by atomic mass is 9.87. The van der Waals surface area contributed by atoms with Gasteiger partial charge >= 0.3 is 0 Å². The van der Waals surface area contributed by atoms with Crippen LogP contribution in [0.1, 0.15) is 31.9 Å². The van der Waals surface area contributed by atoms with E-state index in [2.05, 4.69) is 302 Å². The second kappa shape index (κ2) is 19.1. The minimum atomic E-state index is 0.0624. The number of aromatic nitrogens is 1. The number of hydrogen-bond donors (Lipinski definition) is 0. The Hall–Kier alpha value is -9.45. The molecule has 3 heterocycles. The van der Waals surface area contributed by atoms with Crippen molar-refractivity contribution in [3.05, 3.63) is 272 Å². The number of benzene rings is 10. The van der Waals surface area contributed by atoms with Crippen LogP contribution in [0.5, 0.6) is 0 Å². The van der Waals surface area contributed by atoms with Gasteiger partial charge in [0.2, 0.25) is 0 Å². The molecule has 11 aromatic rings. The van der Waals surface area contributed by atoms with Gasteiger partial charge in [-0.2, -0.15) is 0 Å². The van der Waals surface area contributed by atoms with Crippen molar-refractivity contribution >= 4 is 57.0 Å². The van der Waals surface area contributed by atoms with E-state index in [0.717, 1.165) is 90.0 Å². The summed E-state index contributed by atoms with van der Waals surface area (Å²) in [6, 6.07) is 92.9. The predicted molar refractivity (Wildman–Crippen MR) is 320 cm³/mol. The molecule has 1 aromatic heterocycles. The molecule has 0 bridgehead atoms. The Balaban J connectivity index is 1.02. The van der Waals surface area contributed by atoms with Crippen molar-refractivity contribution in [2.45, 2.75) is 33.1 Å². The summed E-state index contributed by atoms with van der Waals surface area (Å²) in [5.41, 5.74) is 23.8. The molecular formula is C71H57N5. The standard InChI is InChI=1S/C71H57N5/c1-49-41-70(72-47-65(49)52-25-13-7-14-26-52)76-68-44-53(50-21-9-5-10-22-50)33-39-63(68)61-29-17-18-30-62(61)64-40-38-58(46-69(64)76)75(57-27-15-8-16-28-57)60-43-54(51-23-11-6-12-24-51)42-59(45-60)74-48-73(66-31-19-20-32-67(66)74)56-36-34-55(35-37-56)71(2,3)4/h5-47H,48H2,1-4H3. The van der Waals surface area contributed by atoms with Crippen molar-refractivity contribution in [1.82, 2.24) is 4.98 Å². The summed E-state index contributed by atoms with van der Waals surface area (Å²) in [5, 5.41) is 0. The highest BCUT2D eigenvalue weighted by atomic mass is 15.4. The third-order valence-electron chi connectivity index (χ3n) is 15.1. The van der Waals surface area contributed by atoms with E-state index in [1.807, 2.05) is 6.20 Å². The second-order valence-electron chi connectivity index (χ2n) is 21.0. The molecule has 5 nitrogen and oxygen atoms in total. The van der Waals surface area contributed by atoms with E-state index in [1.165, 1.54) is 33.8 Å². The number of fused-ring (bicyclic) bond motifs is 6. The Bertz CT molecular complexity index is 3900. The van der Waals surface area contributed by atoms with Gasteiger partial charge in [-0.15, -0.1) is 0 Å². The summed E-state index contributed by atoms with van der Waals surface area (Å²) in [7, 11) is 0. The number of pyridine rings is 1. The number of aryl methyl sites for hydroxylation is 1. The van der Waals surface area contributed by atoms with Gasteiger partial charge in [0.05, 0.1) is 22.7 Å². The molecule has 0 saturated carbocycles. The van der Waals surface area contributed by atoms with E-state index < -0.39 is 0 Å². The molecule has 0 fully saturated rings. The average Bonchev–Trinajstić information content (AvgIpc) is 3.90. The molecule has 0 saturated heterocycles. The maximum absolute atomic E-state index is 5.40. The zero-order chi connectivity index (χ0) is 51.3. The monoisotopic (exact) mass is 979 g/mol. The Morgan fingerprint density at radius 2 is 0.908 bits per heavy atom. The van der Waals surface area contributed by atoms with Crippen LogP contribution < -0.4 is 19.6 Å².